The Morgan fingerprint density at radius 1 is 0.958 bits per heavy atom. The van der Waals surface area contributed by atoms with E-state index in [1.807, 2.05) is 0 Å². The Morgan fingerprint density at radius 3 is 2.29 bits per heavy atom. The second-order valence-corrected chi connectivity index (χ2v) is 5.59. The quantitative estimate of drug-likeness (QED) is 0.855. The number of rotatable bonds is 4. The van der Waals surface area contributed by atoms with Crippen LogP contribution >= 0.6 is 11.6 Å². The van der Waals surface area contributed by atoms with Crippen LogP contribution in [0.5, 0.6) is 17.2 Å². The van der Waals surface area contributed by atoms with Gasteiger partial charge < -0.3 is 19.5 Å². The minimum absolute atomic E-state index is 0.191. The van der Waals surface area contributed by atoms with E-state index in [4.69, 9.17) is 25.8 Å². The topological polar surface area (TPSA) is 56.8 Å². The molecule has 0 spiro atoms. The van der Waals surface area contributed by atoms with Crippen LogP contribution in [0.3, 0.4) is 0 Å². The van der Waals surface area contributed by atoms with E-state index in [2.05, 4.69) is 5.32 Å². The molecule has 0 bridgehead atoms. The molecule has 0 unspecified atom stereocenters. The maximum absolute atomic E-state index is 12.3. The highest BCUT2D eigenvalue weighted by molar-refractivity contribution is 6.36. The minimum Gasteiger partial charge on any atom is -0.496 e. The maximum atomic E-state index is 12.3. The van der Waals surface area contributed by atoms with Crippen LogP contribution in [0.4, 0.5) is 5.69 Å². The lowest BCUT2D eigenvalue weighted by molar-refractivity contribution is -0.110. The normalized spacial score (nSPS) is 14.3. The zero-order valence-corrected chi connectivity index (χ0v) is 14.2. The van der Waals surface area contributed by atoms with Crippen molar-refractivity contribution in [1.82, 2.24) is 0 Å². The Hall–Kier alpha value is -2.66. The molecule has 0 fully saturated rings. The highest BCUT2D eigenvalue weighted by Crippen LogP contribution is 2.39. The molecule has 1 amide bonds. The molecular formula is C18H16ClNO4. The maximum Gasteiger partial charge on any atom is 0.256 e. The number of carbonyl (C=O) groups is 1. The molecule has 0 saturated carbocycles. The highest BCUT2D eigenvalue weighted by Gasteiger charge is 2.25. The van der Waals surface area contributed by atoms with Gasteiger partial charge in [-0.25, -0.2) is 0 Å². The fourth-order valence-corrected chi connectivity index (χ4v) is 2.80. The van der Waals surface area contributed by atoms with Crippen molar-refractivity contribution in [3.63, 3.8) is 0 Å². The average molecular weight is 346 g/mol. The van der Waals surface area contributed by atoms with Crippen LogP contribution in [0.2, 0.25) is 5.02 Å². The van der Waals surface area contributed by atoms with Crippen LogP contribution < -0.4 is 19.5 Å². The first kappa shape index (κ1) is 16.2. The third kappa shape index (κ3) is 2.78. The smallest absolute Gasteiger partial charge is 0.256 e. The Balaban J connectivity index is 2.15. The summed E-state index contributed by atoms with van der Waals surface area (Å²) in [5.41, 5.74) is 2.70. The Labute approximate surface area is 144 Å². The summed E-state index contributed by atoms with van der Waals surface area (Å²) in [5, 5.41) is 3.39. The van der Waals surface area contributed by atoms with E-state index in [-0.39, 0.29) is 5.91 Å². The molecule has 2 aromatic carbocycles. The third-order valence-corrected chi connectivity index (χ3v) is 4.04. The number of anilines is 1. The SMILES string of the molecule is COc1cc(OC)c(OC)cc1/C=C1/C(=O)Nc2ccc(Cl)cc21. The molecule has 0 atom stereocenters. The molecule has 3 rings (SSSR count). The number of hydrogen-bond acceptors (Lipinski definition) is 4. The van der Waals surface area contributed by atoms with Crippen molar-refractivity contribution in [2.24, 2.45) is 0 Å². The van der Waals surface area contributed by atoms with E-state index in [9.17, 15) is 4.79 Å². The molecule has 0 radical (unpaired) electrons. The van der Waals surface area contributed by atoms with Gasteiger partial charge in [0, 0.05) is 33.5 Å². The largest absolute Gasteiger partial charge is 0.496 e. The molecule has 2 aromatic rings. The van der Waals surface area contributed by atoms with E-state index < -0.39 is 0 Å². The van der Waals surface area contributed by atoms with Gasteiger partial charge in [0.1, 0.15) is 5.75 Å². The second-order valence-electron chi connectivity index (χ2n) is 5.15. The van der Waals surface area contributed by atoms with Crippen molar-refractivity contribution in [2.45, 2.75) is 0 Å². The first-order chi connectivity index (χ1) is 11.6. The average Bonchev–Trinajstić information content (AvgIpc) is 2.89. The molecule has 5 nitrogen and oxygen atoms in total. The number of nitrogens with one attached hydrogen (secondary N) is 1. The molecular weight excluding hydrogens is 330 g/mol. The molecule has 0 saturated heterocycles. The predicted molar refractivity (Wildman–Crippen MR) is 94.1 cm³/mol. The van der Waals surface area contributed by atoms with Gasteiger partial charge in [-0.2, -0.15) is 0 Å². The molecule has 6 heteroatoms. The van der Waals surface area contributed by atoms with Gasteiger partial charge in [0.2, 0.25) is 0 Å². The van der Waals surface area contributed by atoms with Crippen LogP contribution in [0, 0.1) is 0 Å². The van der Waals surface area contributed by atoms with Gasteiger partial charge in [-0.05, 0) is 30.3 Å². The number of amides is 1. The highest BCUT2D eigenvalue weighted by atomic mass is 35.5. The second kappa shape index (κ2) is 6.45. The molecule has 0 aliphatic carbocycles. The van der Waals surface area contributed by atoms with Crippen molar-refractivity contribution >= 4 is 34.8 Å². The van der Waals surface area contributed by atoms with Crippen LogP contribution in [-0.4, -0.2) is 27.2 Å². The van der Waals surface area contributed by atoms with E-state index >= 15 is 0 Å². The number of fused-ring (bicyclic) bond motifs is 1. The third-order valence-electron chi connectivity index (χ3n) is 3.80. The van der Waals surface area contributed by atoms with E-state index in [1.54, 1.807) is 57.7 Å². The Morgan fingerprint density at radius 2 is 1.62 bits per heavy atom. The zero-order valence-electron chi connectivity index (χ0n) is 13.5. The summed E-state index contributed by atoms with van der Waals surface area (Å²) in [4.78, 5) is 12.3. The monoisotopic (exact) mass is 345 g/mol. The van der Waals surface area contributed by atoms with Crippen LogP contribution in [-0.2, 0) is 4.79 Å². The lowest BCUT2D eigenvalue weighted by Gasteiger charge is -2.12. The lowest BCUT2D eigenvalue weighted by atomic mass is 10.0. The number of benzene rings is 2. The molecule has 0 aromatic heterocycles. The first-order valence-electron chi connectivity index (χ1n) is 7.20. The minimum atomic E-state index is -0.191. The van der Waals surface area contributed by atoms with Gasteiger partial charge in [-0.1, -0.05) is 11.6 Å². The van der Waals surface area contributed by atoms with Gasteiger partial charge in [-0.3, -0.25) is 4.79 Å². The number of halogens is 1. The first-order valence-corrected chi connectivity index (χ1v) is 7.58. The van der Waals surface area contributed by atoms with Crippen LogP contribution in [0.25, 0.3) is 11.6 Å². The summed E-state index contributed by atoms with van der Waals surface area (Å²) in [6, 6.07) is 8.76. The van der Waals surface area contributed by atoms with Crippen molar-refractivity contribution in [3.8, 4) is 17.2 Å². The van der Waals surface area contributed by atoms with E-state index in [0.717, 1.165) is 11.3 Å². The van der Waals surface area contributed by atoms with Gasteiger partial charge in [0.25, 0.3) is 5.91 Å². The molecule has 1 N–H and O–H groups in total. The van der Waals surface area contributed by atoms with Crippen LogP contribution in [0.15, 0.2) is 30.3 Å². The van der Waals surface area contributed by atoms with E-state index in [0.29, 0.717) is 33.4 Å². The van der Waals surface area contributed by atoms with Gasteiger partial charge in [-0.15, -0.1) is 0 Å². The van der Waals surface area contributed by atoms with Crippen molar-refractivity contribution < 1.29 is 19.0 Å². The van der Waals surface area contributed by atoms with Gasteiger partial charge in [0.05, 0.1) is 21.3 Å². The molecule has 24 heavy (non-hydrogen) atoms. The summed E-state index contributed by atoms with van der Waals surface area (Å²) < 4.78 is 16.0. The summed E-state index contributed by atoms with van der Waals surface area (Å²) in [6.45, 7) is 0. The summed E-state index contributed by atoms with van der Waals surface area (Å²) in [5.74, 6) is 1.48. The van der Waals surface area contributed by atoms with Crippen molar-refractivity contribution in [2.75, 3.05) is 26.6 Å². The van der Waals surface area contributed by atoms with Crippen molar-refractivity contribution in [1.29, 1.82) is 0 Å². The summed E-state index contributed by atoms with van der Waals surface area (Å²) in [7, 11) is 4.67. The summed E-state index contributed by atoms with van der Waals surface area (Å²) >= 11 is 6.06. The standard InChI is InChI=1S/C18H16ClNO4/c1-22-15-9-17(24-3)16(23-2)7-10(15)6-13-12-8-11(19)4-5-14(12)20-18(13)21/h4-9H,1-3H3,(H,20,21)/b13-6+. The molecule has 1 aliphatic rings. The Kier molecular flexibility index (Phi) is 4.36. The molecule has 1 heterocycles. The van der Waals surface area contributed by atoms with Gasteiger partial charge in [0.15, 0.2) is 11.5 Å². The Bertz CT molecular complexity index is 845. The lowest BCUT2D eigenvalue weighted by Crippen LogP contribution is -2.03. The van der Waals surface area contributed by atoms with E-state index in [1.165, 1.54) is 0 Å². The fourth-order valence-electron chi connectivity index (χ4n) is 2.62. The van der Waals surface area contributed by atoms with Crippen molar-refractivity contribution in [3.05, 3.63) is 46.5 Å². The van der Waals surface area contributed by atoms with Crippen LogP contribution in [0.1, 0.15) is 11.1 Å². The number of ether oxygens (including phenoxy) is 3. The molecule has 124 valence electrons. The summed E-state index contributed by atoms with van der Waals surface area (Å²) in [6.07, 6.45) is 1.75. The zero-order chi connectivity index (χ0) is 17.3. The fraction of sp³-hybridized carbons (Fsp3) is 0.167. The number of methoxy groups -OCH3 is 3. The number of hydrogen-bond donors (Lipinski definition) is 1. The van der Waals surface area contributed by atoms with Gasteiger partial charge >= 0.3 is 0 Å². The number of carbonyl (C=O) groups excluding carboxylic acids is 1. The predicted octanol–water partition coefficient (Wildman–Crippen LogP) is 3.86. The molecule has 1 aliphatic heterocycles.